The number of esters is 1. The van der Waals surface area contributed by atoms with Crippen molar-refractivity contribution in [3.63, 3.8) is 0 Å². The summed E-state index contributed by atoms with van der Waals surface area (Å²) in [7, 11) is 1.53. The fourth-order valence-electron chi connectivity index (χ4n) is 3.22. The summed E-state index contributed by atoms with van der Waals surface area (Å²) in [6, 6.07) is 0. The van der Waals surface area contributed by atoms with Crippen LogP contribution in [0.1, 0.15) is 34.1 Å². The number of halogens is 1. The van der Waals surface area contributed by atoms with Crippen molar-refractivity contribution >= 4 is 28.6 Å². The van der Waals surface area contributed by atoms with Gasteiger partial charge < -0.3 is 33.9 Å². The molecule has 9 heteroatoms. The van der Waals surface area contributed by atoms with Gasteiger partial charge in [0.05, 0.1) is 22.2 Å². The number of alkyl halides is 1. The Labute approximate surface area is 161 Å². The number of rotatable bonds is 4. The zero-order valence-electron chi connectivity index (χ0n) is 15.0. The number of hydrogen-bond donors (Lipinski definition) is 2. The first-order chi connectivity index (χ1) is 11.6. The average molecular weight is 474 g/mol. The molecule has 0 saturated carbocycles. The molecule has 2 fully saturated rings. The number of carbonyl (C=O) groups is 1. The van der Waals surface area contributed by atoms with E-state index in [1.54, 1.807) is 20.8 Å². The van der Waals surface area contributed by atoms with Gasteiger partial charge in [0.2, 0.25) is 0 Å². The summed E-state index contributed by atoms with van der Waals surface area (Å²) < 4.78 is 27.3. The van der Waals surface area contributed by atoms with Crippen molar-refractivity contribution in [2.75, 3.05) is 7.11 Å². The lowest BCUT2D eigenvalue weighted by atomic mass is 9.88. The molecule has 0 aliphatic carbocycles. The zero-order valence-corrected chi connectivity index (χ0v) is 17.2. The highest BCUT2D eigenvalue weighted by molar-refractivity contribution is 14.1. The highest BCUT2D eigenvalue weighted by atomic mass is 127. The summed E-state index contributed by atoms with van der Waals surface area (Å²) in [6.07, 6.45) is -4.15. The van der Waals surface area contributed by atoms with Crippen LogP contribution in [0.25, 0.3) is 0 Å². The van der Waals surface area contributed by atoms with E-state index < -0.39 is 58.6 Å². The minimum atomic E-state index is -1.35. The van der Waals surface area contributed by atoms with Crippen LogP contribution in [0.15, 0.2) is 0 Å². The van der Waals surface area contributed by atoms with Gasteiger partial charge in [-0.15, -0.1) is 0 Å². The molecule has 0 aromatic rings. The number of aliphatic hydroxyl groups excluding tert-OH is 1. The number of carbonyl (C=O) groups excluding carboxylic acids is 1. The normalized spacial score (nSPS) is 48.2. The molecule has 2 N–H and O–H groups in total. The van der Waals surface area contributed by atoms with Gasteiger partial charge in [0.15, 0.2) is 18.7 Å². The van der Waals surface area contributed by atoms with E-state index in [0.29, 0.717) is 6.42 Å². The second kappa shape index (κ2) is 8.32. The van der Waals surface area contributed by atoms with Crippen LogP contribution >= 0.6 is 22.6 Å². The second-order valence-electron chi connectivity index (χ2n) is 6.77. The summed E-state index contributed by atoms with van der Waals surface area (Å²) in [5.74, 6) is -0.486. The van der Waals surface area contributed by atoms with Gasteiger partial charge in [-0.05, 0) is 20.8 Å². The minimum Gasteiger partial charge on any atom is -0.457 e. The van der Waals surface area contributed by atoms with Gasteiger partial charge in [0.1, 0.15) is 11.7 Å². The Kier molecular flexibility index (Phi) is 7.08. The molecule has 0 spiro atoms. The molecule has 0 amide bonds. The van der Waals surface area contributed by atoms with E-state index >= 15 is 0 Å². The molecule has 2 aliphatic rings. The van der Waals surface area contributed by atoms with Crippen LogP contribution < -0.4 is 0 Å². The maximum Gasteiger partial charge on any atom is 0.303 e. The first-order valence-corrected chi connectivity index (χ1v) is 9.53. The van der Waals surface area contributed by atoms with Crippen LogP contribution in [0.2, 0.25) is 0 Å². The van der Waals surface area contributed by atoms with Gasteiger partial charge in [-0.2, -0.15) is 0 Å². The zero-order chi connectivity index (χ0) is 18.9. The van der Waals surface area contributed by atoms with Crippen molar-refractivity contribution in [2.45, 2.75) is 86.7 Å². The van der Waals surface area contributed by atoms with Crippen molar-refractivity contribution in [3.05, 3.63) is 0 Å². The van der Waals surface area contributed by atoms with Crippen molar-refractivity contribution < 1.29 is 38.7 Å². The van der Waals surface area contributed by atoms with Gasteiger partial charge in [0.25, 0.3) is 0 Å². The third-order valence-electron chi connectivity index (χ3n) is 4.67. The Morgan fingerprint density at radius 2 is 1.92 bits per heavy atom. The molecule has 0 radical (unpaired) electrons. The van der Waals surface area contributed by atoms with E-state index in [0.717, 1.165) is 0 Å². The van der Waals surface area contributed by atoms with E-state index in [-0.39, 0.29) is 0 Å². The van der Waals surface area contributed by atoms with Crippen molar-refractivity contribution in [1.82, 2.24) is 0 Å². The van der Waals surface area contributed by atoms with Gasteiger partial charge in [-0.3, -0.25) is 4.79 Å². The van der Waals surface area contributed by atoms with E-state index in [2.05, 4.69) is 0 Å². The molecular formula is C16H27IO8. The van der Waals surface area contributed by atoms with Crippen LogP contribution in [-0.4, -0.2) is 75.9 Å². The number of hydrogen-bond acceptors (Lipinski definition) is 8. The van der Waals surface area contributed by atoms with Crippen LogP contribution in [0.3, 0.4) is 0 Å². The maximum absolute atomic E-state index is 11.3. The van der Waals surface area contributed by atoms with E-state index in [4.69, 9.17) is 23.7 Å². The lowest BCUT2D eigenvalue weighted by Gasteiger charge is -2.48. The van der Waals surface area contributed by atoms with E-state index in [1.807, 2.05) is 22.6 Å². The average Bonchev–Trinajstić information content (AvgIpc) is 2.53. The van der Waals surface area contributed by atoms with E-state index in [9.17, 15) is 15.0 Å². The molecule has 0 unspecified atom stereocenters. The summed E-state index contributed by atoms with van der Waals surface area (Å²) >= 11 is 2.02. The largest absolute Gasteiger partial charge is 0.457 e. The standard InChI is InChI=1S/C16H27IO8/c1-7-12(19)10(6-11(21-5)22-7)25-15-13(17)16(4,20)14(8(2)23-15)24-9(3)18/h7-8,10-15,19-20H,6H2,1-5H3/t7-,8+,10-,11-,12-,13+,14+,15+,16+/m1/s1. The smallest absolute Gasteiger partial charge is 0.303 e. The fraction of sp³-hybridized carbons (Fsp3) is 0.938. The molecule has 2 heterocycles. The Balaban J connectivity index is 2.11. The molecule has 0 aromatic heterocycles. The summed E-state index contributed by atoms with van der Waals surface area (Å²) in [5, 5.41) is 21.2. The quantitative estimate of drug-likeness (QED) is 0.350. The third kappa shape index (κ3) is 4.63. The Hall–Kier alpha value is -0.0400. The first-order valence-electron chi connectivity index (χ1n) is 8.28. The van der Waals surface area contributed by atoms with Crippen LogP contribution in [0, 0.1) is 0 Å². The Morgan fingerprint density at radius 3 is 2.48 bits per heavy atom. The first kappa shape index (κ1) is 21.3. The Bertz CT molecular complexity index is 473. The van der Waals surface area contributed by atoms with Crippen molar-refractivity contribution in [3.8, 4) is 0 Å². The van der Waals surface area contributed by atoms with Crippen molar-refractivity contribution in [2.24, 2.45) is 0 Å². The van der Waals surface area contributed by atoms with Gasteiger partial charge in [0, 0.05) is 20.5 Å². The molecule has 0 bridgehead atoms. The number of aliphatic hydroxyl groups is 2. The molecular weight excluding hydrogens is 447 g/mol. The SMILES string of the molecule is CO[C@H]1C[C@@H](O[C@@H]2O[C@@H](C)[C@H](OC(C)=O)[C@@](C)(O)[C@H]2I)[C@H](O)[C@@H](C)O1. The van der Waals surface area contributed by atoms with Gasteiger partial charge in [-0.1, -0.05) is 22.6 Å². The third-order valence-corrected chi connectivity index (χ3v) is 6.51. The van der Waals surface area contributed by atoms with Crippen LogP contribution in [-0.2, 0) is 28.5 Å². The summed E-state index contributed by atoms with van der Waals surface area (Å²) in [6.45, 7) is 6.33. The minimum absolute atomic E-state index is 0.342. The summed E-state index contributed by atoms with van der Waals surface area (Å²) in [5.41, 5.74) is -1.35. The molecule has 146 valence electrons. The highest BCUT2D eigenvalue weighted by Crippen LogP contribution is 2.38. The monoisotopic (exact) mass is 474 g/mol. The molecule has 2 aliphatic heterocycles. The predicted octanol–water partition coefficient (Wildman–Crippen LogP) is 0.745. The molecule has 25 heavy (non-hydrogen) atoms. The molecule has 2 rings (SSSR count). The van der Waals surface area contributed by atoms with Crippen LogP contribution in [0.4, 0.5) is 0 Å². The van der Waals surface area contributed by atoms with Gasteiger partial charge in [-0.25, -0.2) is 0 Å². The fourth-order valence-corrected chi connectivity index (χ4v) is 3.91. The molecule has 0 aromatic carbocycles. The summed E-state index contributed by atoms with van der Waals surface area (Å²) in [4.78, 5) is 11.3. The number of ether oxygens (including phenoxy) is 5. The maximum atomic E-state index is 11.3. The molecule has 2 saturated heterocycles. The lowest BCUT2D eigenvalue weighted by molar-refractivity contribution is -0.311. The highest BCUT2D eigenvalue weighted by Gasteiger charge is 2.54. The van der Waals surface area contributed by atoms with E-state index in [1.165, 1.54) is 14.0 Å². The predicted molar refractivity (Wildman–Crippen MR) is 95.2 cm³/mol. The van der Waals surface area contributed by atoms with Gasteiger partial charge >= 0.3 is 5.97 Å². The molecule has 9 atom stereocenters. The Morgan fingerprint density at radius 1 is 1.28 bits per heavy atom. The number of methoxy groups -OCH3 is 1. The lowest BCUT2D eigenvalue weighted by Crippen LogP contribution is -2.64. The molecule has 8 nitrogen and oxygen atoms in total. The van der Waals surface area contributed by atoms with Crippen molar-refractivity contribution in [1.29, 1.82) is 0 Å². The topological polar surface area (TPSA) is 104 Å². The van der Waals surface area contributed by atoms with Crippen LogP contribution in [0.5, 0.6) is 0 Å². The second-order valence-corrected chi connectivity index (χ2v) is 8.12.